The van der Waals surface area contributed by atoms with Crippen molar-refractivity contribution in [1.29, 1.82) is 0 Å². The third-order valence-corrected chi connectivity index (χ3v) is 7.35. The summed E-state index contributed by atoms with van der Waals surface area (Å²) in [5.41, 5.74) is 3.26. The Bertz CT molecular complexity index is 1490. The summed E-state index contributed by atoms with van der Waals surface area (Å²) >= 11 is 1.45. The number of fused-ring (bicyclic) bond motifs is 2. The Kier molecular flexibility index (Phi) is 5.34. The molecule has 1 atom stereocenters. The summed E-state index contributed by atoms with van der Waals surface area (Å²) in [6.07, 6.45) is 4.23. The number of benzene rings is 3. The molecular weight excluding hydrogens is 442 g/mol. The first-order valence-electron chi connectivity index (χ1n) is 11.6. The molecule has 0 radical (unpaired) electrons. The van der Waals surface area contributed by atoms with Crippen LogP contribution in [0.5, 0.6) is 0 Å². The van der Waals surface area contributed by atoms with Gasteiger partial charge in [-0.15, -0.1) is 10.2 Å². The number of hydrogen-bond donors (Lipinski definition) is 2. The first-order chi connectivity index (χ1) is 16.7. The molecule has 6 nitrogen and oxygen atoms in total. The van der Waals surface area contributed by atoms with Gasteiger partial charge in [-0.1, -0.05) is 72.4 Å². The zero-order chi connectivity index (χ0) is 23.1. The minimum absolute atomic E-state index is 0.00979. The van der Waals surface area contributed by atoms with E-state index in [2.05, 4.69) is 61.5 Å². The quantitative estimate of drug-likeness (QED) is 0.293. The maximum absolute atomic E-state index is 12.8. The zero-order valence-electron chi connectivity index (χ0n) is 18.9. The number of nitrogens with zero attached hydrogens (tertiary/aromatic N) is 3. The molecule has 1 aliphatic rings. The number of amides is 1. The van der Waals surface area contributed by atoms with Crippen molar-refractivity contribution in [2.45, 2.75) is 37.0 Å². The molecular formula is C27H25N5OS. The minimum atomic E-state index is -0.0812. The van der Waals surface area contributed by atoms with E-state index in [1.54, 1.807) is 0 Å². The van der Waals surface area contributed by atoms with E-state index in [0.717, 1.165) is 45.9 Å². The molecule has 0 aliphatic heterocycles. The maximum atomic E-state index is 12.8. The molecule has 170 valence electrons. The molecule has 1 saturated carbocycles. The molecule has 2 N–H and O–H groups in total. The Labute approximate surface area is 201 Å². The average Bonchev–Trinajstić information content (AvgIpc) is 3.47. The summed E-state index contributed by atoms with van der Waals surface area (Å²) in [5, 5.41) is 16.4. The second kappa shape index (κ2) is 8.65. The molecule has 1 fully saturated rings. The van der Waals surface area contributed by atoms with E-state index in [1.165, 1.54) is 22.5 Å². The second-order valence-electron chi connectivity index (χ2n) is 8.80. The van der Waals surface area contributed by atoms with Crippen molar-refractivity contribution in [3.8, 4) is 11.4 Å². The fourth-order valence-corrected chi connectivity index (χ4v) is 5.41. The van der Waals surface area contributed by atoms with Crippen LogP contribution >= 0.6 is 11.8 Å². The summed E-state index contributed by atoms with van der Waals surface area (Å²) < 4.78 is 2.21. The third-order valence-electron chi connectivity index (χ3n) is 6.41. The normalized spacial score (nSPS) is 14.5. The number of aromatic amines is 1. The van der Waals surface area contributed by atoms with Crippen LogP contribution < -0.4 is 5.32 Å². The largest absolute Gasteiger partial charge is 0.360 e. The molecule has 7 heteroatoms. The molecule has 2 aromatic heterocycles. The highest BCUT2D eigenvalue weighted by Gasteiger charge is 2.31. The summed E-state index contributed by atoms with van der Waals surface area (Å²) in [6.45, 7) is 2.03. The van der Waals surface area contributed by atoms with E-state index in [9.17, 15) is 4.79 Å². The van der Waals surface area contributed by atoms with Crippen LogP contribution in [0.25, 0.3) is 33.1 Å². The van der Waals surface area contributed by atoms with Crippen LogP contribution in [0, 0.1) is 0 Å². The van der Waals surface area contributed by atoms with Crippen molar-refractivity contribution in [2.75, 3.05) is 5.75 Å². The molecule has 5 aromatic rings. The average molecular weight is 468 g/mol. The van der Waals surface area contributed by atoms with Crippen LogP contribution in [0.3, 0.4) is 0 Å². The van der Waals surface area contributed by atoms with Crippen molar-refractivity contribution in [3.63, 3.8) is 0 Å². The predicted molar refractivity (Wildman–Crippen MR) is 137 cm³/mol. The SMILES string of the molecule is CC(NC(=O)CSc1nnc(-c2c[nH]c3ccccc23)n1C1CC1)c1cccc2ccccc12. The fraction of sp³-hybridized carbons (Fsp3) is 0.222. The lowest BCUT2D eigenvalue weighted by molar-refractivity contribution is -0.119. The lowest BCUT2D eigenvalue weighted by Gasteiger charge is -2.16. The lowest BCUT2D eigenvalue weighted by Crippen LogP contribution is -2.28. The van der Waals surface area contributed by atoms with Crippen LogP contribution in [0.1, 0.15) is 37.4 Å². The summed E-state index contributed by atoms with van der Waals surface area (Å²) in [5.74, 6) is 1.16. The summed E-state index contributed by atoms with van der Waals surface area (Å²) in [6, 6.07) is 23.0. The number of para-hydroxylation sites is 1. The molecule has 0 bridgehead atoms. The monoisotopic (exact) mass is 467 g/mol. The molecule has 2 heterocycles. The number of nitrogens with one attached hydrogen (secondary N) is 2. The first-order valence-corrected chi connectivity index (χ1v) is 12.6. The molecule has 3 aromatic carbocycles. The van der Waals surface area contributed by atoms with Crippen molar-refractivity contribution in [2.24, 2.45) is 0 Å². The van der Waals surface area contributed by atoms with E-state index in [0.29, 0.717) is 11.8 Å². The lowest BCUT2D eigenvalue weighted by atomic mass is 10.00. The van der Waals surface area contributed by atoms with Gasteiger partial charge in [0.05, 0.1) is 11.8 Å². The van der Waals surface area contributed by atoms with Crippen molar-refractivity contribution in [1.82, 2.24) is 25.1 Å². The fourth-order valence-electron chi connectivity index (χ4n) is 4.60. The number of rotatable bonds is 7. The maximum Gasteiger partial charge on any atom is 0.230 e. The standard InChI is InChI=1S/C27H25N5OS/c1-17(20-11-6-8-18-7-2-3-9-21(18)20)29-25(33)16-34-27-31-30-26(32(27)19-13-14-19)23-15-28-24-12-5-4-10-22(23)24/h2-12,15,17,19,28H,13-14,16H2,1H3,(H,29,33). The summed E-state index contributed by atoms with van der Waals surface area (Å²) in [7, 11) is 0. The van der Waals surface area contributed by atoms with Crippen LogP contribution in [0.2, 0.25) is 0 Å². The Morgan fingerprint density at radius 2 is 1.82 bits per heavy atom. The van der Waals surface area contributed by atoms with E-state index >= 15 is 0 Å². The van der Waals surface area contributed by atoms with Gasteiger partial charge in [-0.3, -0.25) is 9.36 Å². The van der Waals surface area contributed by atoms with Gasteiger partial charge in [-0.2, -0.15) is 0 Å². The number of carbonyl (C=O) groups is 1. The highest BCUT2D eigenvalue weighted by Crippen LogP contribution is 2.42. The van der Waals surface area contributed by atoms with E-state index < -0.39 is 0 Å². The van der Waals surface area contributed by atoms with Gasteiger partial charge in [0.25, 0.3) is 0 Å². The van der Waals surface area contributed by atoms with E-state index in [4.69, 9.17) is 0 Å². The van der Waals surface area contributed by atoms with Gasteiger partial charge in [-0.25, -0.2) is 0 Å². The topological polar surface area (TPSA) is 75.6 Å². The van der Waals surface area contributed by atoms with Gasteiger partial charge >= 0.3 is 0 Å². The third kappa shape index (κ3) is 3.86. The summed E-state index contributed by atoms with van der Waals surface area (Å²) in [4.78, 5) is 16.2. The zero-order valence-corrected chi connectivity index (χ0v) is 19.7. The Hall–Kier alpha value is -3.58. The van der Waals surface area contributed by atoms with Crippen molar-refractivity contribution < 1.29 is 4.79 Å². The number of hydrogen-bond acceptors (Lipinski definition) is 4. The number of carbonyl (C=O) groups excluding carboxylic acids is 1. The molecule has 1 amide bonds. The van der Waals surface area contributed by atoms with E-state index in [-0.39, 0.29) is 11.9 Å². The first kappa shape index (κ1) is 21.0. The number of H-pyrrole nitrogens is 1. The van der Waals surface area contributed by atoms with E-state index in [1.807, 2.05) is 43.5 Å². The number of thioether (sulfide) groups is 1. The molecule has 1 unspecified atom stereocenters. The molecule has 34 heavy (non-hydrogen) atoms. The van der Waals surface area contributed by atoms with Crippen LogP contribution in [-0.4, -0.2) is 31.4 Å². The Morgan fingerprint density at radius 1 is 1.06 bits per heavy atom. The molecule has 1 aliphatic carbocycles. The Balaban J connectivity index is 1.19. The Morgan fingerprint density at radius 3 is 2.68 bits per heavy atom. The smallest absolute Gasteiger partial charge is 0.230 e. The van der Waals surface area contributed by atoms with Crippen molar-refractivity contribution >= 4 is 39.3 Å². The van der Waals surface area contributed by atoms with Gasteiger partial charge in [0.1, 0.15) is 0 Å². The van der Waals surface area contributed by atoms with Gasteiger partial charge in [-0.05, 0) is 42.2 Å². The minimum Gasteiger partial charge on any atom is -0.360 e. The van der Waals surface area contributed by atoms with Gasteiger partial charge in [0, 0.05) is 28.7 Å². The van der Waals surface area contributed by atoms with Crippen LogP contribution in [-0.2, 0) is 4.79 Å². The number of aromatic nitrogens is 4. The van der Waals surface area contributed by atoms with Gasteiger partial charge in [0.2, 0.25) is 5.91 Å². The highest BCUT2D eigenvalue weighted by atomic mass is 32.2. The molecule has 0 saturated heterocycles. The van der Waals surface area contributed by atoms with Crippen molar-refractivity contribution in [3.05, 3.63) is 78.5 Å². The van der Waals surface area contributed by atoms with Crippen LogP contribution in [0.15, 0.2) is 78.1 Å². The predicted octanol–water partition coefficient (Wildman–Crippen LogP) is 5.88. The second-order valence-corrected chi connectivity index (χ2v) is 9.74. The van der Waals surface area contributed by atoms with Gasteiger partial charge in [0.15, 0.2) is 11.0 Å². The molecule has 0 spiro atoms. The highest BCUT2D eigenvalue weighted by molar-refractivity contribution is 7.99. The van der Waals surface area contributed by atoms with Crippen LogP contribution in [0.4, 0.5) is 0 Å². The molecule has 6 rings (SSSR count). The van der Waals surface area contributed by atoms with Gasteiger partial charge < -0.3 is 10.3 Å².